The van der Waals surface area contributed by atoms with Crippen LogP contribution in [0.2, 0.25) is 0 Å². The van der Waals surface area contributed by atoms with Crippen molar-refractivity contribution in [3.8, 4) is 0 Å². The van der Waals surface area contributed by atoms with Crippen molar-refractivity contribution in [3.05, 3.63) is 30.3 Å². The van der Waals surface area contributed by atoms with Gasteiger partial charge in [0.05, 0.1) is 11.3 Å². The Morgan fingerprint density at radius 2 is 2.00 bits per heavy atom. The lowest BCUT2D eigenvalue weighted by Gasteiger charge is -2.22. The highest BCUT2D eigenvalue weighted by Gasteiger charge is 2.23. The molecular formula is C16H21N5OS. The first-order valence-electron chi connectivity index (χ1n) is 8.04. The number of carbonyl (C=O) groups excluding carboxylic acids is 1. The van der Waals surface area contributed by atoms with E-state index in [-0.39, 0.29) is 11.2 Å². The van der Waals surface area contributed by atoms with Gasteiger partial charge >= 0.3 is 0 Å². The van der Waals surface area contributed by atoms with Gasteiger partial charge in [-0.25, -0.2) is 4.68 Å². The molecule has 7 heteroatoms. The third kappa shape index (κ3) is 4.10. The molecule has 6 nitrogen and oxygen atoms in total. The second kappa shape index (κ2) is 7.59. The SMILES string of the molecule is CC(Sc1nnnn1C1CCCCC1)C(=O)Nc1ccccc1. The van der Waals surface area contributed by atoms with Gasteiger partial charge in [0.25, 0.3) is 0 Å². The number of hydrogen-bond acceptors (Lipinski definition) is 5. The van der Waals surface area contributed by atoms with Crippen LogP contribution in [-0.2, 0) is 4.79 Å². The van der Waals surface area contributed by atoms with Crippen LogP contribution in [0.3, 0.4) is 0 Å². The van der Waals surface area contributed by atoms with Crippen molar-refractivity contribution >= 4 is 23.4 Å². The van der Waals surface area contributed by atoms with E-state index in [1.165, 1.54) is 31.0 Å². The average molecular weight is 331 g/mol. The molecule has 1 saturated carbocycles. The number of benzene rings is 1. The van der Waals surface area contributed by atoms with E-state index in [1.807, 2.05) is 41.9 Å². The van der Waals surface area contributed by atoms with Gasteiger partial charge in [-0.05, 0) is 42.3 Å². The summed E-state index contributed by atoms with van der Waals surface area (Å²) >= 11 is 1.41. The molecule has 1 aliphatic carbocycles. The molecule has 1 heterocycles. The summed E-state index contributed by atoms with van der Waals surface area (Å²) in [6.07, 6.45) is 5.96. The van der Waals surface area contributed by atoms with Crippen LogP contribution in [0.5, 0.6) is 0 Å². The molecule has 2 aromatic rings. The lowest BCUT2D eigenvalue weighted by molar-refractivity contribution is -0.115. The number of thioether (sulfide) groups is 1. The molecule has 122 valence electrons. The maximum atomic E-state index is 12.3. The van der Waals surface area contributed by atoms with E-state index in [0.29, 0.717) is 6.04 Å². The maximum absolute atomic E-state index is 12.3. The third-order valence-electron chi connectivity index (χ3n) is 4.08. The highest BCUT2D eigenvalue weighted by molar-refractivity contribution is 8.00. The fourth-order valence-corrected chi connectivity index (χ4v) is 3.65. The largest absolute Gasteiger partial charge is 0.325 e. The van der Waals surface area contributed by atoms with Gasteiger partial charge in [0.2, 0.25) is 11.1 Å². The Labute approximate surface area is 140 Å². The van der Waals surface area contributed by atoms with Crippen LogP contribution >= 0.6 is 11.8 Å². The molecule has 0 spiro atoms. The monoisotopic (exact) mass is 331 g/mol. The van der Waals surface area contributed by atoms with Gasteiger partial charge < -0.3 is 5.32 Å². The molecule has 1 atom stereocenters. The van der Waals surface area contributed by atoms with Crippen molar-refractivity contribution in [1.82, 2.24) is 20.2 Å². The van der Waals surface area contributed by atoms with E-state index in [2.05, 4.69) is 20.8 Å². The van der Waals surface area contributed by atoms with E-state index in [1.54, 1.807) is 0 Å². The molecule has 0 radical (unpaired) electrons. The highest BCUT2D eigenvalue weighted by atomic mass is 32.2. The van der Waals surface area contributed by atoms with Crippen molar-refractivity contribution in [3.63, 3.8) is 0 Å². The quantitative estimate of drug-likeness (QED) is 0.851. The molecule has 1 aliphatic rings. The van der Waals surface area contributed by atoms with Crippen molar-refractivity contribution < 1.29 is 4.79 Å². The van der Waals surface area contributed by atoms with Crippen LogP contribution in [0.4, 0.5) is 5.69 Å². The number of amides is 1. The van der Waals surface area contributed by atoms with Crippen molar-refractivity contribution in [2.75, 3.05) is 5.32 Å². The summed E-state index contributed by atoms with van der Waals surface area (Å²) in [5.74, 6) is -0.0422. The Morgan fingerprint density at radius 3 is 2.74 bits per heavy atom. The lowest BCUT2D eigenvalue weighted by atomic mass is 9.96. The molecule has 0 aliphatic heterocycles. The Bertz CT molecular complexity index is 639. The van der Waals surface area contributed by atoms with Gasteiger partial charge in [0.1, 0.15) is 0 Å². The number of anilines is 1. The Kier molecular flexibility index (Phi) is 5.27. The van der Waals surface area contributed by atoms with E-state index in [9.17, 15) is 4.79 Å². The molecule has 1 amide bonds. The summed E-state index contributed by atoms with van der Waals surface area (Å²) < 4.78 is 1.90. The van der Waals surface area contributed by atoms with Crippen molar-refractivity contribution in [2.24, 2.45) is 0 Å². The predicted molar refractivity (Wildman–Crippen MR) is 90.3 cm³/mol. The van der Waals surface area contributed by atoms with E-state index in [0.717, 1.165) is 23.7 Å². The molecule has 23 heavy (non-hydrogen) atoms. The third-order valence-corrected chi connectivity index (χ3v) is 5.12. The van der Waals surface area contributed by atoms with Crippen LogP contribution in [-0.4, -0.2) is 31.4 Å². The van der Waals surface area contributed by atoms with Gasteiger partial charge in [-0.1, -0.05) is 49.2 Å². The minimum absolute atomic E-state index is 0.0422. The molecule has 1 aromatic carbocycles. The second-order valence-electron chi connectivity index (χ2n) is 5.81. The van der Waals surface area contributed by atoms with Crippen LogP contribution < -0.4 is 5.32 Å². The number of rotatable bonds is 5. The van der Waals surface area contributed by atoms with Crippen LogP contribution in [0, 0.1) is 0 Å². The molecule has 1 fully saturated rings. The van der Waals surface area contributed by atoms with Crippen molar-refractivity contribution in [2.45, 2.75) is 55.5 Å². The Hall–Kier alpha value is -1.89. The maximum Gasteiger partial charge on any atom is 0.237 e. The Morgan fingerprint density at radius 1 is 1.26 bits per heavy atom. The molecular weight excluding hydrogens is 310 g/mol. The summed E-state index contributed by atoms with van der Waals surface area (Å²) in [5.41, 5.74) is 0.803. The molecule has 1 aromatic heterocycles. The zero-order chi connectivity index (χ0) is 16.1. The number of nitrogens with zero attached hydrogens (tertiary/aromatic N) is 4. The normalized spacial score (nSPS) is 16.9. The van der Waals surface area contributed by atoms with Crippen LogP contribution in [0.25, 0.3) is 0 Å². The first kappa shape index (κ1) is 16.0. The zero-order valence-corrected chi connectivity index (χ0v) is 14.0. The number of aromatic nitrogens is 4. The number of nitrogens with one attached hydrogen (secondary N) is 1. The summed E-state index contributed by atoms with van der Waals surface area (Å²) in [6.45, 7) is 1.88. The number of para-hydroxylation sites is 1. The fraction of sp³-hybridized carbons (Fsp3) is 0.500. The summed E-state index contributed by atoms with van der Waals surface area (Å²) in [4.78, 5) is 12.3. The fourth-order valence-electron chi connectivity index (χ4n) is 2.79. The van der Waals surface area contributed by atoms with E-state index in [4.69, 9.17) is 0 Å². The summed E-state index contributed by atoms with van der Waals surface area (Å²) in [5, 5.41) is 15.4. The standard InChI is InChI=1S/C16H21N5OS/c1-12(15(22)17-13-8-4-2-5-9-13)23-16-18-19-20-21(16)14-10-6-3-7-11-14/h2,4-5,8-9,12,14H,3,6-7,10-11H2,1H3,(H,17,22). The van der Waals surface area contributed by atoms with Gasteiger partial charge in [-0.3, -0.25) is 4.79 Å². The second-order valence-corrected chi connectivity index (χ2v) is 7.12. The van der Waals surface area contributed by atoms with Gasteiger partial charge in [0.15, 0.2) is 0 Å². The summed E-state index contributed by atoms with van der Waals surface area (Å²) in [7, 11) is 0. The predicted octanol–water partition coefficient (Wildman–Crippen LogP) is 3.30. The number of tetrazole rings is 1. The smallest absolute Gasteiger partial charge is 0.237 e. The van der Waals surface area contributed by atoms with E-state index < -0.39 is 0 Å². The molecule has 0 bridgehead atoms. The summed E-state index contributed by atoms with van der Waals surface area (Å²) in [6, 6.07) is 9.84. The Balaban J connectivity index is 1.62. The first-order valence-corrected chi connectivity index (χ1v) is 8.92. The van der Waals surface area contributed by atoms with Crippen molar-refractivity contribution in [1.29, 1.82) is 0 Å². The number of hydrogen-bond donors (Lipinski definition) is 1. The minimum Gasteiger partial charge on any atom is -0.325 e. The van der Waals surface area contributed by atoms with Crippen LogP contribution in [0.15, 0.2) is 35.5 Å². The molecule has 0 saturated heterocycles. The minimum atomic E-state index is -0.261. The highest BCUT2D eigenvalue weighted by Crippen LogP contribution is 2.31. The molecule has 1 unspecified atom stereocenters. The van der Waals surface area contributed by atoms with Gasteiger partial charge in [-0.15, -0.1) is 5.10 Å². The van der Waals surface area contributed by atoms with Gasteiger partial charge in [0, 0.05) is 5.69 Å². The van der Waals surface area contributed by atoms with Gasteiger partial charge in [-0.2, -0.15) is 0 Å². The van der Waals surface area contributed by atoms with E-state index >= 15 is 0 Å². The zero-order valence-electron chi connectivity index (χ0n) is 13.2. The first-order chi connectivity index (χ1) is 11.2. The lowest BCUT2D eigenvalue weighted by Crippen LogP contribution is -2.23. The number of carbonyl (C=O) groups is 1. The molecule has 3 rings (SSSR count). The van der Waals surface area contributed by atoms with Crippen LogP contribution in [0.1, 0.15) is 45.1 Å². The average Bonchev–Trinajstić information content (AvgIpc) is 3.04. The topological polar surface area (TPSA) is 72.7 Å². The molecule has 1 N–H and O–H groups in total.